The van der Waals surface area contributed by atoms with E-state index in [-0.39, 0.29) is 0 Å². The molecule has 136 valence electrons. The monoisotopic (exact) mass is 386 g/mol. The molecule has 6 heteroatoms. The number of fused-ring (bicyclic) bond motifs is 1. The first-order valence-electron chi connectivity index (χ1n) is 8.60. The minimum absolute atomic E-state index is 0.307. The first-order chi connectivity index (χ1) is 13.6. The van der Waals surface area contributed by atoms with Crippen LogP contribution in [0.1, 0.15) is 11.1 Å². The summed E-state index contributed by atoms with van der Waals surface area (Å²) in [7, 11) is 0. The van der Waals surface area contributed by atoms with Gasteiger partial charge in [-0.05, 0) is 54.1 Å². The van der Waals surface area contributed by atoms with Crippen LogP contribution < -0.4 is 10.1 Å². The summed E-state index contributed by atoms with van der Waals surface area (Å²) in [6.45, 7) is 1.81. The molecule has 0 aliphatic heterocycles. The van der Waals surface area contributed by atoms with E-state index in [1.807, 2.05) is 49.4 Å². The number of hydrogen-bond acceptors (Lipinski definition) is 5. The Labute approximate surface area is 167 Å². The predicted molar refractivity (Wildman–Crippen MR) is 110 cm³/mol. The lowest BCUT2D eigenvalue weighted by molar-refractivity contribution is 0.459. The summed E-state index contributed by atoms with van der Waals surface area (Å²) in [4.78, 5) is 8.71. The van der Waals surface area contributed by atoms with E-state index in [0.29, 0.717) is 33.9 Å². The van der Waals surface area contributed by atoms with Crippen LogP contribution in [0.15, 0.2) is 66.7 Å². The van der Waals surface area contributed by atoms with Crippen molar-refractivity contribution in [3.05, 3.63) is 83.0 Å². The molecule has 0 aliphatic rings. The highest BCUT2D eigenvalue weighted by Gasteiger charge is 2.12. The van der Waals surface area contributed by atoms with Crippen molar-refractivity contribution in [2.75, 3.05) is 5.32 Å². The highest BCUT2D eigenvalue weighted by atomic mass is 35.5. The minimum Gasteiger partial charge on any atom is -0.438 e. The largest absolute Gasteiger partial charge is 0.438 e. The summed E-state index contributed by atoms with van der Waals surface area (Å²) in [5, 5.41) is 14.5. The van der Waals surface area contributed by atoms with Crippen molar-refractivity contribution in [2.24, 2.45) is 0 Å². The Morgan fingerprint density at radius 2 is 1.71 bits per heavy atom. The van der Waals surface area contributed by atoms with Gasteiger partial charge in [0.15, 0.2) is 0 Å². The number of ether oxygens (including phenoxy) is 1. The van der Waals surface area contributed by atoms with Gasteiger partial charge in [0.1, 0.15) is 10.9 Å². The Morgan fingerprint density at radius 1 is 0.964 bits per heavy atom. The molecular weight excluding hydrogens is 372 g/mol. The quantitative estimate of drug-likeness (QED) is 0.435. The van der Waals surface area contributed by atoms with Crippen LogP contribution in [0.2, 0.25) is 5.15 Å². The molecule has 28 heavy (non-hydrogen) atoms. The van der Waals surface area contributed by atoms with Gasteiger partial charge in [0.05, 0.1) is 11.6 Å². The number of hydrogen-bond donors (Lipinski definition) is 1. The number of aromatic nitrogens is 2. The molecular formula is C22H15ClN4O. The van der Waals surface area contributed by atoms with Crippen LogP contribution in [0.25, 0.3) is 10.8 Å². The second-order valence-corrected chi connectivity index (χ2v) is 6.55. The van der Waals surface area contributed by atoms with Gasteiger partial charge in [-0.15, -0.1) is 0 Å². The second-order valence-electron chi connectivity index (χ2n) is 6.19. The van der Waals surface area contributed by atoms with E-state index in [0.717, 1.165) is 16.5 Å². The van der Waals surface area contributed by atoms with E-state index in [1.165, 1.54) is 0 Å². The lowest BCUT2D eigenvalue weighted by Gasteiger charge is -2.12. The van der Waals surface area contributed by atoms with Gasteiger partial charge in [-0.1, -0.05) is 41.9 Å². The number of nitriles is 1. The molecule has 0 unspecified atom stereocenters. The van der Waals surface area contributed by atoms with Crippen LogP contribution in [-0.2, 0) is 0 Å². The van der Waals surface area contributed by atoms with E-state index >= 15 is 0 Å². The van der Waals surface area contributed by atoms with E-state index < -0.39 is 0 Å². The molecule has 3 aromatic carbocycles. The van der Waals surface area contributed by atoms with Crippen LogP contribution in [0.4, 0.5) is 11.6 Å². The van der Waals surface area contributed by atoms with Crippen molar-refractivity contribution < 1.29 is 4.74 Å². The van der Waals surface area contributed by atoms with E-state index in [9.17, 15) is 0 Å². The van der Waals surface area contributed by atoms with Crippen LogP contribution >= 0.6 is 11.6 Å². The highest BCUT2D eigenvalue weighted by Crippen LogP contribution is 2.30. The van der Waals surface area contributed by atoms with Gasteiger partial charge in [0.25, 0.3) is 0 Å². The summed E-state index contributed by atoms with van der Waals surface area (Å²) < 4.78 is 5.99. The van der Waals surface area contributed by atoms with Crippen LogP contribution in [0.5, 0.6) is 11.6 Å². The summed E-state index contributed by atoms with van der Waals surface area (Å²) in [5.41, 5.74) is 1.98. The van der Waals surface area contributed by atoms with Crippen molar-refractivity contribution >= 4 is 34.0 Å². The number of rotatable bonds is 4. The maximum absolute atomic E-state index is 8.90. The summed E-state index contributed by atoms with van der Waals surface area (Å²) >= 11 is 6.28. The molecule has 0 fully saturated rings. The zero-order valence-corrected chi connectivity index (χ0v) is 15.7. The molecule has 0 saturated carbocycles. The van der Waals surface area contributed by atoms with E-state index in [1.54, 1.807) is 24.3 Å². The molecule has 0 amide bonds. The predicted octanol–water partition coefficient (Wildman–Crippen LogP) is 6.00. The van der Waals surface area contributed by atoms with E-state index in [4.69, 9.17) is 21.6 Å². The number of benzene rings is 3. The molecule has 0 spiro atoms. The Kier molecular flexibility index (Phi) is 4.79. The molecule has 0 bridgehead atoms. The third-order valence-electron chi connectivity index (χ3n) is 4.25. The van der Waals surface area contributed by atoms with Gasteiger partial charge in [0, 0.05) is 11.3 Å². The Morgan fingerprint density at radius 3 is 2.46 bits per heavy atom. The minimum atomic E-state index is 0.307. The first kappa shape index (κ1) is 17.8. The van der Waals surface area contributed by atoms with Crippen molar-refractivity contribution in [3.8, 4) is 17.7 Å². The fraction of sp³-hybridized carbons (Fsp3) is 0.0455. The topological polar surface area (TPSA) is 70.8 Å². The zero-order chi connectivity index (χ0) is 19.5. The smallest absolute Gasteiger partial charge is 0.231 e. The average molecular weight is 387 g/mol. The van der Waals surface area contributed by atoms with Crippen molar-refractivity contribution in [1.29, 1.82) is 5.26 Å². The van der Waals surface area contributed by atoms with E-state index in [2.05, 4.69) is 21.4 Å². The fourth-order valence-corrected chi connectivity index (χ4v) is 2.89. The van der Waals surface area contributed by atoms with Crippen LogP contribution in [-0.4, -0.2) is 9.97 Å². The molecule has 1 aromatic heterocycles. The van der Waals surface area contributed by atoms with Crippen LogP contribution in [0.3, 0.4) is 0 Å². The van der Waals surface area contributed by atoms with Gasteiger partial charge in [-0.3, -0.25) is 0 Å². The Bertz CT molecular complexity index is 1200. The van der Waals surface area contributed by atoms with Gasteiger partial charge in [-0.25, -0.2) is 4.98 Å². The first-order valence-corrected chi connectivity index (χ1v) is 8.98. The third-order valence-corrected chi connectivity index (χ3v) is 4.62. The summed E-state index contributed by atoms with van der Waals surface area (Å²) in [6, 6.07) is 23.0. The number of nitrogens with zero attached hydrogens (tertiary/aromatic N) is 3. The summed E-state index contributed by atoms with van der Waals surface area (Å²) in [5.74, 6) is 1.36. The number of anilines is 2. The second kappa shape index (κ2) is 7.55. The number of halogens is 1. The van der Waals surface area contributed by atoms with Crippen molar-refractivity contribution in [1.82, 2.24) is 9.97 Å². The fourth-order valence-electron chi connectivity index (χ4n) is 2.73. The summed E-state index contributed by atoms with van der Waals surface area (Å²) in [6.07, 6.45) is 0. The lowest BCUT2D eigenvalue weighted by Crippen LogP contribution is -2.01. The SMILES string of the molecule is Cc1c(Cl)nc(Nc2ccc(C#N)cc2)nc1Oc1ccc2ccccc2c1. The molecule has 4 aromatic rings. The maximum atomic E-state index is 8.90. The zero-order valence-electron chi connectivity index (χ0n) is 15.0. The van der Waals surface area contributed by atoms with Crippen LogP contribution in [0, 0.1) is 18.3 Å². The molecule has 0 saturated heterocycles. The molecule has 0 atom stereocenters. The van der Waals surface area contributed by atoms with Crippen molar-refractivity contribution in [2.45, 2.75) is 6.92 Å². The molecule has 4 rings (SSSR count). The standard InChI is InChI=1S/C22H15ClN4O/c1-14-20(23)26-22(25-18-9-6-15(13-24)7-10-18)27-21(14)28-19-11-8-16-4-2-3-5-17(16)12-19/h2-12H,1H3,(H,25,26,27). The Hall–Kier alpha value is -3.62. The van der Waals surface area contributed by atoms with Gasteiger partial charge in [-0.2, -0.15) is 10.2 Å². The molecule has 5 nitrogen and oxygen atoms in total. The van der Waals surface area contributed by atoms with Crippen molar-refractivity contribution in [3.63, 3.8) is 0 Å². The normalized spacial score (nSPS) is 10.5. The van der Waals surface area contributed by atoms with Gasteiger partial charge < -0.3 is 10.1 Å². The van der Waals surface area contributed by atoms with Gasteiger partial charge >= 0.3 is 0 Å². The van der Waals surface area contributed by atoms with Gasteiger partial charge in [0.2, 0.25) is 11.8 Å². The number of nitrogens with one attached hydrogen (secondary N) is 1. The highest BCUT2D eigenvalue weighted by molar-refractivity contribution is 6.30. The third kappa shape index (κ3) is 3.73. The molecule has 0 radical (unpaired) electrons. The lowest BCUT2D eigenvalue weighted by atomic mass is 10.1. The maximum Gasteiger partial charge on any atom is 0.231 e. The average Bonchev–Trinajstić information content (AvgIpc) is 2.72. The molecule has 1 heterocycles. The Balaban J connectivity index is 1.63. The molecule has 1 N–H and O–H groups in total. The molecule has 0 aliphatic carbocycles.